The maximum absolute atomic E-state index is 8.69. The highest BCUT2D eigenvalue weighted by Gasteiger charge is 1.97. The molecule has 0 aromatic heterocycles. The van der Waals surface area contributed by atoms with Gasteiger partial charge in [0, 0.05) is 11.6 Å². The molecule has 0 bridgehead atoms. The Kier molecular flexibility index (Phi) is 2.92. The van der Waals surface area contributed by atoms with E-state index < -0.39 is 0 Å². The van der Waals surface area contributed by atoms with E-state index in [2.05, 4.69) is 0 Å². The summed E-state index contributed by atoms with van der Waals surface area (Å²) in [6, 6.07) is 5.72. The van der Waals surface area contributed by atoms with Gasteiger partial charge in [0.15, 0.2) is 0 Å². The SMILES string of the molecule is Cc1ccc(Cl)cc1CCO. The van der Waals surface area contributed by atoms with E-state index in [1.165, 1.54) is 5.56 Å². The summed E-state index contributed by atoms with van der Waals surface area (Å²) in [7, 11) is 0. The smallest absolute Gasteiger partial charge is 0.0471 e. The van der Waals surface area contributed by atoms with Gasteiger partial charge in [-0.1, -0.05) is 17.7 Å². The van der Waals surface area contributed by atoms with Crippen molar-refractivity contribution in [1.82, 2.24) is 0 Å². The van der Waals surface area contributed by atoms with Crippen LogP contribution < -0.4 is 0 Å². The molecule has 1 rings (SSSR count). The molecule has 0 unspecified atom stereocenters. The Morgan fingerprint density at radius 2 is 2.18 bits per heavy atom. The first-order valence-corrected chi connectivity index (χ1v) is 3.97. The minimum Gasteiger partial charge on any atom is -0.396 e. The van der Waals surface area contributed by atoms with E-state index in [9.17, 15) is 0 Å². The summed E-state index contributed by atoms with van der Waals surface area (Å²) >= 11 is 5.77. The molecule has 0 saturated carbocycles. The standard InChI is InChI=1S/C9H11ClO/c1-7-2-3-9(10)6-8(7)4-5-11/h2-3,6,11H,4-5H2,1H3. The van der Waals surface area contributed by atoms with Gasteiger partial charge in [0.2, 0.25) is 0 Å². The molecule has 2 heteroatoms. The normalized spacial score (nSPS) is 10.1. The van der Waals surface area contributed by atoms with Crippen molar-refractivity contribution in [2.24, 2.45) is 0 Å². The van der Waals surface area contributed by atoms with Crippen LogP contribution in [0.15, 0.2) is 18.2 Å². The van der Waals surface area contributed by atoms with Crippen LogP contribution in [0, 0.1) is 6.92 Å². The fourth-order valence-corrected chi connectivity index (χ4v) is 1.22. The highest BCUT2D eigenvalue weighted by molar-refractivity contribution is 6.30. The first-order valence-electron chi connectivity index (χ1n) is 3.60. The van der Waals surface area contributed by atoms with Crippen molar-refractivity contribution in [2.75, 3.05) is 6.61 Å². The highest BCUT2D eigenvalue weighted by atomic mass is 35.5. The van der Waals surface area contributed by atoms with Gasteiger partial charge in [0.05, 0.1) is 0 Å². The van der Waals surface area contributed by atoms with Crippen molar-refractivity contribution in [3.8, 4) is 0 Å². The summed E-state index contributed by atoms with van der Waals surface area (Å²) in [5, 5.41) is 9.43. The van der Waals surface area contributed by atoms with Gasteiger partial charge in [-0.2, -0.15) is 0 Å². The lowest BCUT2D eigenvalue weighted by atomic mass is 10.1. The molecule has 0 radical (unpaired) electrons. The molecule has 1 aromatic rings. The zero-order chi connectivity index (χ0) is 8.27. The predicted molar refractivity (Wildman–Crippen MR) is 47.0 cm³/mol. The molecule has 1 aromatic carbocycles. The van der Waals surface area contributed by atoms with E-state index >= 15 is 0 Å². The van der Waals surface area contributed by atoms with Crippen molar-refractivity contribution in [1.29, 1.82) is 0 Å². The zero-order valence-corrected chi connectivity index (χ0v) is 7.23. The van der Waals surface area contributed by atoms with Gasteiger partial charge in [0.1, 0.15) is 0 Å². The molecule has 0 atom stereocenters. The molecule has 0 aliphatic heterocycles. The van der Waals surface area contributed by atoms with E-state index in [4.69, 9.17) is 16.7 Å². The quantitative estimate of drug-likeness (QED) is 0.722. The van der Waals surface area contributed by atoms with Crippen molar-refractivity contribution in [3.63, 3.8) is 0 Å². The Morgan fingerprint density at radius 1 is 1.45 bits per heavy atom. The Morgan fingerprint density at radius 3 is 2.82 bits per heavy atom. The average Bonchev–Trinajstić information content (AvgIpc) is 1.98. The summed E-state index contributed by atoms with van der Waals surface area (Å²) in [5.41, 5.74) is 2.31. The molecule has 0 heterocycles. The topological polar surface area (TPSA) is 20.2 Å². The third-order valence-corrected chi connectivity index (χ3v) is 1.93. The summed E-state index contributed by atoms with van der Waals surface area (Å²) in [4.78, 5) is 0. The molecule has 60 valence electrons. The second-order valence-corrected chi connectivity index (χ2v) is 2.98. The van der Waals surface area contributed by atoms with E-state index in [1.54, 1.807) is 0 Å². The van der Waals surface area contributed by atoms with Crippen molar-refractivity contribution >= 4 is 11.6 Å². The van der Waals surface area contributed by atoms with Crippen LogP contribution in [0.5, 0.6) is 0 Å². The number of aliphatic hydroxyl groups excluding tert-OH is 1. The second kappa shape index (κ2) is 3.74. The number of hydrogen-bond donors (Lipinski definition) is 1. The van der Waals surface area contributed by atoms with Crippen LogP contribution >= 0.6 is 11.6 Å². The van der Waals surface area contributed by atoms with Crippen LogP contribution in [-0.4, -0.2) is 11.7 Å². The Balaban J connectivity index is 2.93. The van der Waals surface area contributed by atoms with Gasteiger partial charge in [-0.15, -0.1) is 0 Å². The van der Waals surface area contributed by atoms with Gasteiger partial charge >= 0.3 is 0 Å². The first kappa shape index (κ1) is 8.57. The lowest BCUT2D eigenvalue weighted by molar-refractivity contribution is 0.299. The Bertz CT molecular complexity index is 245. The summed E-state index contributed by atoms with van der Waals surface area (Å²) in [6.45, 7) is 2.20. The Labute approximate surface area is 71.6 Å². The molecule has 0 amide bonds. The predicted octanol–water partition coefficient (Wildman–Crippen LogP) is 2.18. The van der Waals surface area contributed by atoms with Crippen LogP contribution in [0.25, 0.3) is 0 Å². The third kappa shape index (κ3) is 2.21. The second-order valence-electron chi connectivity index (χ2n) is 2.54. The molecule has 11 heavy (non-hydrogen) atoms. The number of hydrogen-bond acceptors (Lipinski definition) is 1. The summed E-state index contributed by atoms with van der Waals surface area (Å²) < 4.78 is 0. The summed E-state index contributed by atoms with van der Waals surface area (Å²) in [5.74, 6) is 0. The fraction of sp³-hybridized carbons (Fsp3) is 0.333. The van der Waals surface area contributed by atoms with Gasteiger partial charge in [0.25, 0.3) is 0 Å². The number of aryl methyl sites for hydroxylation is 1. The molecule has 0 spiro atoms. The van der Waals surface area contributed by atoms with E-state index in [-0.39, 0.29) is 6.61 Å². The van der Waals surface area contributed by atoms with Crippen LogP contribution in [-0.2, 0) is 6.42 Å². The lowest BCUT2D eigenvalue weighted by Crippen LogP contribution is -1.93. The minimum atomic E-state index is 0.182. The highest BCUT2D eigenvalue weighted by Crippen LogP contribution is 2.15. The van der Waals surface area contributed by atoms with Crippen LogP contribution in [0.4, 0.5) is 0 Å². The average molecular weight is 171 g/mol. The number of rotatable bonds is 2. The van der Waals surface area contributed by atoms with E-state index in [0.29, 0.717) is 6.42 Å². The fourth-order valence-electron chi connectivity index (χ4n) is 1.03. The van der Waals surface area contributed by atoms with E-state index in [0.717, 1.165) is 10.6 Å². The molecule has 0 aliphatic rings. The summed E-state index contributed by atoms with van der Waals surface area (Å²) in [6.07, 6.45) is 0.687. The van der Waals surface area contributed by atoms with Gasteiger partial charge < -0.3 is 5.11 Å². The number of benzene rings is 1. The molecule has 1 nitrogen and oxygen atoms in total. The maximum atomic E-state index is 8.69. The first-order chi connectivity index (χ1) is 5.24. The van der Waals surface area contributed by atoms with Crippen LogP contribution in [0.1, 0.15) is 11.1 Å². The molecule has 0 saturated heterocycles. The number of aliphatic hydroxyl groups is 1. The van der Waals surface area contributed by atoms with Crippen LogP contribution in [0.2, 0.25) is 5.02 Å². The minimum absolute atomic E-state index is 0.182. The molecular formula is C9H11ClO. The van der Waals surface area contributed by atoms with Crippen molar-refractivity contribution in [3.05, 3.63) is 34.3 Å². The molecule has 0 aliphatic carbocycles. The largest absolute Gasteiger partial charge is 0.396 e. The van der Waals surface area contributed by atoms with Gasteiger partial charge in [-0.05, 0) is 36.6 Å². The molecule has 1 N–H and O–H groups in total. The molecule has 0 fully saturated rings. The van der Waals surface area contributed by atoms with Crippen molar-refractivity contribution in [2.45, 2.75) is 13.3 Å². The van der Waals surface area contributed by atoms with Gasteiger partial charge in [-0.3, -0.25) is 0 Å². The van der Waals surface area contributed by atoms with Crippen molar-refractivity contribution < 1.29 is 5.11 Å². The van der Waals surface area contributed by atoms with Gasteiger partial charge in [-0.25, -0.2) is 0 Å². The maximum Gasteiger partial charge on any atom is 0.0471 e. The third-order valence-electron chi connectivity index (χ3n) is 1.69. The number of halogens is 1. The lowest BCUT2D eigenvalue weighted by Gasteiger charge is -2.02. The Hall–Kier alpha value is -0.530. The molecular weight excluding hydrogens is 160 g/mol. The van der Waals surface area contributed by atoms with E-state index in [1.807, 2.05) is 25.1 Å². The monoisotopic (exact) mass is 170 g/mol. The van der Waals surface area contributed by atoms with Crippen LogP contribution in [0.3, 0.4) is 0 Å². The zero-order valence-electron chi connectivity index (χ0n) is 6.47.